The summed E-state index contributed by atoms with van der Waals surface area (Å²) in [6.45, 7) is 6.95. The van der Waals surface area contributed by atoms with Crippen LogP contribution in [-0.2, 0) is 4.74 Å². The summed E-state index contributed by atoms with van der Waals surface area (Å²) < 4.78 is 26.2. The third-order valence-corrected chi connectivity index (χ3v) is 7.08. The van der Waals surface area contributed by atoms with E-state index in [2.05, 4.69) is 36.6 Å². The molecule has 38 heavy (non-hydrogen) atoms. The lowest BCUT2D eigenvalue weighted by Crippen LogP contribution is -2.50. The normalized spacial score (nSPS) is 16.8. The Balaban J connectivity index is 1.34. The second-order valence-corrected chi connectivity index (χ2v) is 9.29. The second-order valence-electron chi connectivity index (χ2n) is 9.29. The van der Waals surface area contributed by atoms with Gasteiger partial charge in [-0.25, -0.2) is 4.39 Å². The van der Waals surface area contributed by atoms with Gasteiger partial charge in [0.25, 0.3) is 5.91 Å². The van der Waals surface area contributed by atoms with Crippen molar-refractivity contribution in [2.75, 3.05) is 63.7 Å². The number of piperidine rings is 1. The number of rotatable bonds is 7. The number of anilines is 3. The first-order valence-corrected chi connectivity index (χ1v) is 12.8. The molecule has 1 aromatic carbocycles. The predicted octanol–water partition coefficient (Wildman–Crippen LogP) is 3.09. The fourth-order valence-electron chi connectivity index (χ4n) is 5.12. The number of halogens is 1. The molecule has 3 N–H and O–H groups in total. The van der Waals surface area contributed by atoms with Crippen molar-refractivity contribution in [1.82, 2.24) is 24.8 Å². The zero-order valence-electron chi connectivity index (χ0n) is 21.5. The molecule has 0 unspecified atom stereocenters. The highest BCUT2D eigenvalue weighted by molar-refractivity contribution is 5.96. The molecule has 0 radical (unpaired) electrons. The van der Waals surface area contributed by atoms with E-state index >= 15 is 4.39 Å². The van der Waals surface area contributed by atoms with Gasteiger partial charge in [-0.05, 0) is 25.8 Å². The van der Waals surface area contributed by atoms with E-state index in [0.717, 1.165) is 39.1 Å². The number of aromatic nitrogens is 3. The van der Waals surface area contributed by atoms with Crippen LogP contribution in [0, 0.1) is 17.1 Å². The van der Waals surface area contributed by atoms with Crippen LogP contribution < -0.4 is 15.4 Å². The van der Waals surface area contributed by atoms with Gasteiger partial charge in [-0.15, -0.1) is 0 Å². The number of aromatic amines is 1. The minimum absolute atomic E-state index is 0.0371. The fraction of sp³-hybridized carbons (Fsp3) is 0.462. The van der Waals surface area contributed by atoms with E-state index in [0.29, 0.717) is 48.1 Å². The SMILES string of the molecule is CCNc1nc(Nc2cc(F)c(C(=O)N3CCC(N4CCOCC4)CC3)cc2OC)nc2[nH]cc(C#N)c12. The molecule has 0 saturated carbocycles. The van der Waals surface area contributed by atoms with Gasteiger partial charge in [0, 0.05) is 51.0 Å². The zero-order valence-corrected chi connectivity index (χ0v) is 21.5. The lowest BCUT2D eigenvalue weighted by molar-refractivity contribution is 0.00154. The van der Waals surface area contributed by atoms with Crippen molar-refractivity contribution in [1.29, 1.82) is 5.26 Å². The average Bonchev–Trinajstić information content (AvgIpc) is 3.37. The topological polar surface area (TPSA) is 131 Å². The van der Waals surface area contributed by atoms with Crippen LogP contribution in [0.25, 0.3) is 11.0 Å². The molecule has 0 bridgehead atoms. The highest BCUT2D eigenvalue weighted by Gasteiger charge is 2.30. The van der Waals surface area contributed by atoms with Crippen molar-refractivity contribution >= 4 is 34.4 Å². The summed E-state index contributed by atoms with van der Waals surface area (Å²) >= 11 is 0. The number of ether oxygens (including phenoxy) is 2. The van der Waals surface area contributed by atoms with Gasteiger partial charge < -0.3 is 30.0 Å². The Bertz CT molecular complexity index is 1360. The molecule has 5 rings (SSSR count). The van der Waals surface area contributed by atoms with Crippen LogP contribution in [0.2, 0.25) is 0 Å². The lowest BCUT2D eigenvalue weighted by Gasteiger charge is -2.40. The van der Waals surface area contributed by atoms with Crippen LogP contribution >= 0.6 is 0 Å². The Hall–Kier alpha value is -3.95. The standard InChI is InChI=1S/C26H31FN8O3/c1-3-29-23-22-16(14-28)15-30-24(22)33-26(32-23)31-20-13-19(27)18(12-21(20)37-2)25(36)35-6-4-17(5-7-35)34-8-10-38-11-9-34/h12-13,15,17H,3-11H2,1-2H3,(H3,29,30,31,32,33). The molecule has 2 saturated heterocycles. The van der Waals surface area contributed by atoms with Crippen LogP contribution in [0.4, 0.5) is 21.8 Å². The fourth-order valence-corrected chi connectivity index (χ4v) is 5.12. The first kappa shape index (κ1) is 25.7. The van der Waals surface area contributed by atoms with Crippen molar-refractivity contribution in [2.45, 2.75) is 25.8 Å². The minimum Gasteiger partial charge on any atom is -0.495 e. The smallest absolute Gasteiger partial charge is 0.256 e. The quantitative estimate of drug-likeness (QED) is 0.428. The average molecular weight is 523 g/mol. The Kier molecular flexibility index (Phi) is 7.57. The van der Waals surface area contributed by atoms with E-state index in [1.165, 1.54) is 19.2 Å². The molecule has 0 aliphatic carbocycles. The first-order chi connectivity index (χ1) is 18.5. The van der Waals surface area contributed by atoms with E-state index in [1.54, 1.807) is 11.1 Å². The minimum atomic E-state index is -0.659. The molecular formula is C26H31FN8O3. The summed E-state index contributed by atoms with van der Waals surface area (Å²) in [6.07, 6.45) is 3.27. The van der Waals surface area contributed by atoms with Crippen LogP contribution in [0.1, 0.15) is 35.7 Å². The van der Waals surface area contributed by atoms with E-state index < -0.39 is 5.82 Å². The number of morpholine rings is 1. The van der Waals surface area contributed by atoms with Crippen molar-refractivity contribution < 1.29 is 18.7 Å². The highest BCUT2D eigenvalue weighted by atomic mass is 19.1. The Morgan fingerprint density at radius 1 is 1.26 bits per heavy atom. The molecule has 0 spiro atoms. The Labute approximate surface area is 219 Å². The number of amides is 1. The molecule has 2 aromatic heterocycles. The number of nitrogens with zero attached hydrogens (tertiary/aromatic N) is 5. The third kappa shape index (κ3) is 5.07. The summed E-state index contributed by atoms with van der Waals surface area (Å²) in [5.74, 6) is -0.0642. The molecule has 200 valence electrons. The molecule has 4 heterocycles. The van der Waals surface area contributed by atoms with Crippen LogP contribution in [0.15, 0.2) is 18.3 Å². The van der Waals surface area contributed by atoms with E-state index in [1.807, 2.05) is 6.92 Å². The molecule has 11 nitrogen and oxygen atoms in total. The number of nitriles is 1. The van der Waals surface area contributed by atoms with Crippen molar-refractivity contribution in [2.24, 2.45) is 0 Å². The first-order valence-electron chi connectivity index (χ1n) is 12.8. The number of methoxy groups -OCH3 is 1. The largest absolute Gasteiger partial charge is 0.495 e. The van der Waals surface area contributed by atoms with Crippen molar-refractivity contribution in [3.05, 3.63) is 35.3 Å². The van der Waals surface area contributed by atoms with Gasteiger partial charge in [0.05, 0.1) is 42.5 Å². The van der Waals surface area contributed by atoms with Crippen LogP contribution in [0.5, 0.6) is 5.75 Å². The van der Waals surface area contributed by atoms with E-state index in [9.17, 15) is 10.1 Å². The van der Waals surface area contributed by atoms with E-state index in [4.69, 9.17) is 9.47 Å². The van der Waals surface area contributed by atoms with Gasteiger partial charge in [-0.3, -0.25) is 9.69 Å². The van der Waals surface area contributed by atoms with Crippen molar-refractivity contribution in [3.8, 4) is 11.8 Å². The Morgan fingerprint density at radius 2 is 2.03 bits per heavy atom. The van der Waals surface area contributed by atoms with E-state index in [-0.39, 0.29) is 28.9 Å². The number of likely N-dealkylation sites (tertiary alicyclic amines) is 1. The second kappa shape index (κ2) is 11.2. The molecule has 1 amide bonds. The number of H-pyrrole nitrogens is 1. The van der Waals surface area contributed by atoms with Gasteiger partial charge in [0.15, 0.2) is 0 Å². The molecule has 2 aliphatic heterocycles. The van der Waals surface area contributed by atoms with Gasteiger partial charge in [0.2, 0.25) is 5.95 Å². The van der Waals surface area contributed by atoms with Gasteiger partial charge >= 0.3 is 0 Å². The maximum atomic E-state index is 15.3. The van der Waals surface area contributed by atoms with Crippen molar-refractivity contribution in [3.63, 3.8) is 0 Å². The third-order valence-electron chi connectivity index (χ3n) is 7.08. The molecular weight excluding hydrogens is 491 g/mol. The maximum Gasteiger partial charge on any atom is 0.256 e. The number of hydrogen-bond donors (Lipinski definition) is 3. The number of nitrogens with one attached hydrogen (secondary N) is 3. The summed E-state index contributed by atoms with van der Waals surface area (Å²) in [5, 5.41) is 16.1. The summed E-state index contributed by atoms with van der Waals surface area (Å²) in [4.78, 5) is 29.3. The molecule has 2 fully saturated rings. The highest BCUT2D eigenvalue weighted by Crippen LogP contribution is 2.33. The van der Waals surface area contributed by atoms with Crippen LogP contribution in [-0.4, -0.2) is 89.7 Å². The lowest BCUT2D eigenvalue weighted by atomic mass is 10.0. The maximum absolute atomic E-state index is 15.3. The number of hydrogen-bond acceptors (Lipinski definition) is 9. The zero-order chi connectivity index (χ0) is 26.6. The van der Waals surface area contributed by atoms with Gasteiger partial charge in [-0.2, -0.15) is 15.2 Å². The molecule has 3 aromatic rings. The summed E-state index contributed by atoms with van der Waals surface area (Å²) in [5.41, 5.74) is 1.12. The number of carbonyl (C=O) groups is 1. The number of carbonyl (C=O) groups excluding carboxylic acids is 1. The molecule has 12 heteroatoms. The van der Waals surface area contributed by atoms with Crippen LogP contribution in [0.3, 0.4) is 0 Å². The molecule has 0 atom stereocenters. The monoisotopic (exact) mass is 522 g/mol. The van der Waals surface area contributed by atoms with Gasteiger partial charge in [0.1, 0.15) is 29.1 Å². The summed E-state index contributed by atoms with van der Waals surface area (Å²) in [6, 6.07) is 5.18. The number of benzene rings is 1. The molecule has 2 aliphatic rings. The van der Waals surface area contributed by atoms with Gasteiger partial charge in [-0.1, -0.05) is 0 Å². The predicted molar refractivity (Wildman–Crippen MR) is 140 cm³/mol. The Morgan fingerprint density at radius 3 is 2.71 bits per heavy atom. The summed E-state index contributed by atoms with van der Waals surface area (Å²) in [7, 11) is 1.46. The number of fused-ring (bicyclic) bond motifs is 1.